The van der Waals surface area contributed by atoms with Crippen LogP contribution in [-0.4, -0.2) is 52.2 Å². The Morgan fingerprint density at radius 2 is 2.06 bits per heavy atom. The van der Waals surface area contributed by atoms with Crippen molar-refractivity contribution in [1.29, 1.82) is 5.26 Å². The zero-order valence-corrected chi connectivity index (χ0v) is 19.8. The van der Waals surface area contributed by atoms with E-state index in [1.165, 1.54) is 6.26 Å². The molecule has 0 radical (unpaired) electrons. The van der Waals surface area contributed by atoms with Gasteiger partial charge in [-0.15, -0.1) is 0 Å². The second-order valence-corrected chi connectivity index (χ2v) is 10.4. The molecule has 0 bridgehead atoms. The van der Waals surface area contributed by atoms with Crippen LogP contribution in [0.2, 0.25) is 0 Å². The predicted octanol–water partition coefficient (Wildman–Crippen LogP) is 3.66. The molecule has 2 aromatic rings. The minimum atomic E-state index is -0.304. The molecule has 174 valence electrons. The third kappa shape index (κ3) is 3.99. The molecule has 0 spiro atoms. The van der Waals surface area contributed by atoms with Gasteiger partial charge in [0.1, 0.15) is 18.2 Å². The maximum absolute atomic E-state index is 13.1. The van der Waals surface area contributed by atoms with E-state index in [1.54, 1.807) is 6.07 Å². The summed E-state index contributed by atoms with van der Waals surface area (Å²) in [6.45, 7) is 10.7. The molecule has 33 heavy (non-hydrogen) atoms. The lowest BCUT2D eigenvalue weighted by atomic mass is 9.87. The van der Waals surface area contributed by atoms with Gasteiger partial charge in [0, 0.05) is 43.6 Å². The first-order valence-electron chi connectivity index (χ1n) is 11.8. The van der Waals surface area contributed by atoms with E-state index in [2.05, 4.69) is 43.8 Å². The first kappa shape index (κ1) is 21.9. The molecule has 2 aliphatic heterocycles. The van der Waals surface area contributed by atoms with Gasteiger partial charge in [0.15, 0.2) is 5.69 Å². The van der Waals surface area contributed by atoms with Crippen LogP contribution < -0.4 is 4.90 Å². The molecule has 0 aromatic carbocycles. The number of pyridine rings is 1. The second-order valence-electron chi connectivity index (χ2n) is 10.4. The Balaban J connectivity index is 1.51. The van der Waals surface area contributed by atoms with Gasteiger partial charge in [-0.05, 0) is 38.2 Å². The standard InChI is InChI=1S/C25H31N5O3/c1-15(2)21-13-29(8-9-30(21)24(31)20-7-10-33-28-20)23-18(12-26)17-11-25(3,4)32-14-19(17)22(27-23)16-5-6-16/h7,10,15-16,21H,5-6,8-9,11,13-14H2,1-4H3. The molecule has 1 saturated heterocycles. The molecule has 1 atom stereocenters. The number of aromatic nitrogens is 2. The lowest BCUT2D eigenvalue weighted by Crippen LogP contribution is -2.57. The van der Waals surface area contributed by atoms with Gasteiger partial charge in [-0.3, -0.25) is 4.79 Å². The highest BCUT2D eigenvalue weighted by atomic mass is 16.5. The number of anilines is 1. The number of nitrogens with zero attached hydrogens (tertiary/aromatic N) is 5. The van der Waals surface area contributed by atoms with Gasteiger partial charge in [-0.1, -0.05) is 19.0 Å². The van der Waals surface area contributed by atoms with Crippen LogP contribution in [0, 0.1) is 17.2 Å². The number of hydrogen-bond acceptors (Lipinski definition) is 7. The largest absolute Gasteiger partial charge is 0.370 e. The Morgan fingerprint density at radius 3 is 2.70 bits per heavy atom. The molecule has 5 rings (SSSR count). The topological polar surface area (TPSA) is 95.5 Å². The van der Waals surface area contributed by atoms with Crippen molar-refractivity contribution in [2.45, 2.75) is 71.1 Å². The monoisotopic (exact) mass is 449 g/mol. The number of amides is 1. The zero-order valence-electron chi connectivity index (χ0n) is 19.8. The normalized spacial score (nSPS) is 22.2. The fourth-order valence-electron chi connectivity index (χ4n) is 5.11. The van der Waals surface area contributed by atoms with Crippen molar-refractivity contribution in [3.8, 4) is 6.07 Å². The van der Waals surface area contributed by atoms with Crippen LogP contribution in [0.1, 0.15) is 79.3 Å². The van der Waals surface area contributed by atoms with Crippen molar-refractivity contribution in [2.75, 3.05) is 24.5 Å². The number of piperazine rings is 1. The van der Waals surface area contributed by atoms with Gasteiger partial charge in [0.2, 0.25) is 0 Å². The van der Waals surface area contributed by atoms with Crippen LogP contribution in [-0.2, 0) is 17.8 Å². The average molecular weight is 450 g/mol. The Hall–Kier alpha value is -2.92. The summed E-state index contributed by atoms with van der Waals surface area (Å²) >= 11 is 0. The van der Waals surface area contributed by atoms with Crippen molar-refractivity contribution < 1.29 is 14.1 Å². The molecule has 1 aliphatic carbocycles. The highest BCUT2D eigenvalue weighted by Crippen LogP contribution is 2.46. The van der Waals surface area contributed by atoms with Crippen LogP contribution in [0.3, 0.4) is 0 Å². The molecule has 4 heterocycles. The molecule has 1 amide bonds. The number of carbonyl (C=O) groups excluding carboxylic acids is 1. The SMILES string of the molecule is CC(C)C1CN(c2nc(C3CC3)c3c(c2C#N)CC(C)(C)OC3)CCN1C(=O)c1ccon1. The van der Waals surface area contributed by atoms with E-state index in [9.17, 15) is 10.1 Å². The molecule has 3 aliphatic rings. The van der Waals surface area contributed by atoms with Crippen LogP contribution >= 0.6 is 0 Å². The quantitative estimate of drug-likeness (QED) is 0.703. The smallest absolute Gasteiger partial charge is 0.276 e. The van der Waals surface area contributed by atoms with Crippen molar-refractivity contribution >= 4 is 11.7 Å². The van der Waals surface area contributed by atoms with Gasteiger partial charge >= 0.3 is 0 Å². The van der Waals surface area contributed by atoms with Crippen molar-refractivity contribution in [3.05, 3.63) is 40.4 Å². The molecule has 1 unspecified atom stereocenters. The number of carbonyl (C=O) groups is 1. The Morgan fingerprint density at radius 1 is 1.27 bits per heavy atom. The third-order valence-electron chi connectivity index (χ3n) is 7.12. The van der Waals surface area contributed by atoms with Crippen LogP contribution in [0.4, 0.5) is 5.82 Å². The first-order chi connectivity index (χ1) is 15.8. The van der Waals surface area contributed by atoms with E-state index in [0.717, 1.165) is 35.5 Å². The van der Waals surface area contributed by atoms with Gasteiger partial charge in [0.05, 0.1) is 29.5 Å². The summed E-state index contributed by atoms with van der Waals surface area (Å²) in [5.74, 6) is 1.36. The van der Waals surface area contributed by atoms with E-state index >= 15 is 0 Å². The Bertz CT molecular complexity index is 1100. The summed E-state index contributed by atoms with van der Waals surface area (Å²) in [7, 11) is 0. The molecule has 2 aromatic heterocycles. The van der Waals surface area contributed by atoms with Gasteiger partial charge in [-0.2, -0.15) is 5.26 Å². The van der Waals surface area contributed by atoms with E-state index in [-0.39, 0.29) is 23.5 Å². The highest BCUT2D eigenvalue weighted by Gasteiger charge is 2.39. The molecule has 1 saturated carbocycles. The fourth-order valence-corrected chi connectivity index (χ4v) is 5.11. The Kier molecular flexibility index (Phi) is 5.40. The van der Waals surface area contributed by atoms with Crippen LogP contribution in [0.15, 0.2) is 16.9 Å². The molecule has 0 N–H and O–H groups in total. The predicted molar refractivity (Wildman–Crippen MR) is 122 cm³/mol. The highest BCUT2D eigenvalue weighted by molar-refractivity contribution is 5.92. The second kappa shape index (κ2) is 8.14. The lowest BCUT2D eigenvalue weighted by molar-refractivity contribution is -0.0407. The van der Waals surface area contributed by atoms with Crippen LogP contribution in [0.5, 0.6) is 0 Å². The minimum absolute atomic E-state index is 0.0172. The van der Waals surface area contributed by atoms with Crippen molar-refractivity contribution in [1.82, 2.24) is 15.0 Å². The molecular weight excluding hydrogens is 418 g/mol. The third-order valence-corrected chi connectivity index (χ3v) is 7.12. The van der Waals surface area contributed by atoms with Crippen molar-refractivity contribution in [2.24, 2.45) is 5.92 Å². The van der Waals surface area contributed by atoms with E-state index < -0.39 is 0 Å². The summed E-state index contributed by atoms with van der Waals surface area (Å²) in [6.07, 6.45) is 4.42. The molecular formula is C25H31N5O3. The Labute approximate surface area is 194 Å². The first-order valence-corrected chi connectivity index (χ1v) is 11.8. The number of nitriles is 1. The van der Waals surface area contributed by atoms with Crippen LogP contribution in [0.25, 0.3) is 0 Å². The van der Waals surface area contributed by atoms with E-state index in [0.29, 0.717) is 49.8 Å². The van der Waals surface area contributed by atoms with E-state index in [4.69, 9.17) is 14.2 Å². The summed E-state index contributed by atoms with van der Waals surface area (Å²) < 4.78 is 11.0. The zero-order chi connectivity index (χ0) is 23.3. The van der Waals surface area contributed by atoms with Gasteiger partial charge < -0.3 is 19.1 Å². The number of fused-ring (bicyclic) bond motifs is 1. The van der Waals surface area contributed by atoms with Gasteiger partial charge in [0.25, 0.3) is 5.91 Å². The maximum atomic E-state index is 13.1. The van der Waals surface area contributed by atoms with Crippen molar-refractivity contribution in [3.63, 3.8) is 0 Å². The van der Waals surface area contributed by atoms with E-state index in [1.807, 2.05) is 4.90 Å². The summed E-state index contributed by atoms with van der Waals surface area (Å²) in [5, 5.41) is 14.1. The lowest BCUT2D eigenvalue weighted by Gasteiger charge is -2.44. The minimum Gasteiger partial charge on any atom is -0.370 e. The summed E-state index contributed by atoms with van der Waals surface area (Å²) in [6, 6.07) is 4.07. The average Bonchev–Trinajstić information content (AvgIpc) is 3.49. The summed E-state index contributed by atoms with van der Waals surface area (Å²) in [4.78, 5) is 22.3. The molecule has 8 heteroatoms. The number of ether oxygens (including phenoxy) is 1. The number of hydrogen-bond donors (Lipinski definition) is 0. The fraction of sp³-hybridized carbons (Fsp3) is 0.600. The summed E-state index contributed by atoms with van der Waals surface area (Å²) in [5.41, 5.74) is 4.03. The molecule has 2 fully saturated rings. The van der Waals surface area contributed by atoms with Gasteiger partial charge in [-0.25, -0.2) is 4.98 Å². The number of rotatable bonds is 4. The molecule has 8 nitrogen and oxygen atoms in total. The maximum Gasteiger partial charge on any atom is 0.276 e.